The molecule has 0 saturated heterocycles. The third-order valence-electron chi connectivity index (χ3n) is 2.41. The van der Waals surface area contributed by atoms with E-state index in [4.69, 9.17) is 11.6 Å². The molecule has 0 saturated carbocycles. The Bertz CT molecular complexity index is 601. The summed E-state index contributed by atoms with van der Waals surface area (Å²) in [4.78, 5) is 16.1. The molecule has 2 aromatic rings. The summed E-state index contributed by atoms with van der Waals surface area (Å²) >= 11 is 9.21. The number of aromatic nitrogens is 1. The molecule has 1 N–H and O–H groups in total. The number of nitrogens with zero attached hydrogens (tertiary/aromatic N) is 1. The van der Waals surface area contributed by atoms with Crippen LogP contribution in [0, 0.1) is 6.92 Å². The van der Waals surface area contributed by atoms with Crippen LogP contribution in [0.2, 0.25) is 5.02 Å². The van der Waals surface area contributed by atoms with Crippen molar-refractivity contribution in [2.24, 2.45) is 0 Å². The first kappa shape index (κ1) is 13.1. The monoisotopic (exact) mass is 324 g/mol. The summed E-state index contributed by atoms with van der Waals surface area (Å²) in [7, 11) is 0. The second kappa shape index (κ2) is 5.50. The van der Waals surface area contributed by atoms with Gasteiger partial charge >= 0.3 is 0 Å². The van der Waals surface area contributed by atoms with E-state index >= 15 is 0 Å². The zero-order valence-corrected chi connectivity index (χ0v) is 11.9. The summed E-state index contributed by atoms with van der Waals surface area (Å²) < 4.78 is 0.857. The van der Waals surface area contributed by atoms with E-state index in [0.29, 0.717) is 16.4 Å². The minimum absolute atomic E-state index is 0.222. The Morgan fingerprint density at radius 3 is 2.83 bits per heavy atom. The molecule has 0 bridgehead atoms. The van der Waals surface area contributed by atoms with Gasteiger partial charge in [0.1, 0.15) is 5.82 Å². The number of amides is 1. The summed E-state index contributed by atoms with van der Waals surface area (Å²) in [6, 6.07) is 8.74. The zero-order valence-electron chi connectivity index (χ0n) is 9.58. The van der Waals surface area contributed by atoms with Crippen LogP contribution in [0.3, 0.4) is 0 Å². The molecule has 0 fully saturated rings. The second-order valence-electron chi connectivity index (χ2n) is 3.77. The molecule has 0 radical (unpaired) electrons. The summed E-state index contributed by atoms with van der Waals surface area (Å²) in [5.74, 6) is 0.273. The van der Waals surface area contributed by atoms with Gasteiger partial charge in [-0.15, -0.1) is 0 Å². The van der Waals surface area contributed by atoms with Crippen LogP contribution in [0.15, 0.2) is 41.0 Å². The lowest BCUT2D eigenvalue weighted by atomic mass is 10.1. The molecule has 0 atom stereocenters. The van der Waals surface area contributed by atoms with E-state index in [-0.39, 0.29) is 5.91 Å². The lowest BCUT2D eigenvalue weighted by molar-refractivity contribution is 0.102. The van der Waals surface area contributed by atoms with Gasteiger partial charge in [-0.1, -0.05) is 33.6 Å². The van der Waals surface area contributed by atoms with Gasteiger partial charge in [0.15, 0.2) is 0 Å². The molecule has 92 valence electrons. The van der Waals surface area contributed by atoms with E-state index in [1.54, 1.807) is 30.5 Å². The van der Waals surface area contributed by atoms with Crippen molar-refractivity contribution in [2.75, 3.05) is 5.32 Å². The van der Waals surface area contributed by atoms with Crippen LogP contribution in [-0.2, 0) is 0 Å². The first-order valence-corrected chi connectivity index (χ1v) is 6.42. The van der Waals surface area contributed by atoms with Crippen molar-refractivity contribution in [1.29, 1.82) is 0 Å². The van der Waals surface area contributed by atoms with Crippen LogP contribution in [-0.4, -0.2) is 10.9 Å². The van der Waals surface area contributed by atoms with Crippen molar-refractivity contribution in [3.8, 4) is 0 Å². The van der Waals surface area contributed by atoms with E-state index in [1.807, 2.05) is 13.0 Å². The van der Waals surface area contributed by atoms with Crippen molar-refractivity contribution in [3.63, 3.8) is 0 Å². The third kappa shape index (κ3) is 3.09. The summed E-state index contributed by atoms with van der Waals surface area (Å²) in [5.41, 5.74) is 1.41. The van der Waals surface area contributed by atoms with Gasteiger partial charge in [0, 0.05) is 21.3 Å². The third-order valence-corrected chi connectivity index (χ3v) is 3.14. The number of halogens is 2. The maximum atomic E-state index is 12.1. The maximum absolute atomic E-state index is 12.1. The molecule has 1 heterocycles. The lowest BCUT2D eigenvalue weighted by Crippen LogP contribution is -2.14. The molecular weight excluding hydrogens is 316 g/mol. The van der Waals surface area contributed by atoms with Crippen LogP contribution >= 0.6 is 27.5 Å². The number of hydrogen-bond acceptors (Lipinski definition) is 2. The summed E-state index contributed by atoms with van der Waals surface area (Å²) in [5, 5.41) is 3.26. The Kier molecular flexibility index (Phi) is 3.99. The Balaban J connectivity index is 2.24. The fourth-order valence-corrected chi connectivity index (χ4v) is 2.00. The number of carbonyl (C=O) groups excluding carboxylic acids is 1. The standard InChI is InChI=1S/C13H10BrClN2O/c1-8-2-3-10(15)7-11(8)13(18)17-12-6-9(14)4-5-16-12/h2-7H,1H3,(H,16,17,18). The smallest absolute Gasteiger partial charge is 0.257 e. The van der Waals surface area contributed by atoms with Gasteiger partial charge in [-0.3, -0.25) is 4.79 Å². The van der Waals surface area contributed by atoms with Gasteiger partial charge in [-0.2, -0.15) is 0 Å². The van der Waals surface area contributed by atoms with E-state index in [0.717, 1.165) is 10.0 Å². The average Bonchev–Trinajstić information content (AvgIpc) is 2.32. The highest BCUT2D eigenvalue weighted by atomic mass is 79.9. The second-order valence-corrected chi connectivity index (χ2v) is 5.12. The highest BCUT2D eigenvalue weighted by Gasteiger charge is 2.10. The minimum atomic E-state index is -0.222. The molecule has 1 amide bonds. The molecule has 2 rings (SSSR count). The van der Waals surface area contributed by atoms with Gasteiger partial charge in [0.2, 0.25) is 0 Å². The number of pyridine rings is 1. The average molecular weight is 326 g/mol. The Labute approximate surface area is 118 Å². The molecule has 0 aliphatic heterocycles. The van der Waals surface area contributed by atoms with Gasteiger partial charge in [-0.05, 0) is 36.8 Å². The highest BCUT2D eigenvalue weighted by Crippen LogP contribution is 2.18. The number of anilines is 1. The normalized spacial score (nSPS) is 10.2. The van der Waals surface area contributed by atoms with Crippen LogP contribution < -0.4 is 5.32 Å². The van der Waals surface area contributed by atoms with Crippen molar-refractivity contribution in [2.45, 2.75) is 6.92 Å². The lowest BCUT2D eigenvalue weighted by Gasteiger charge is -2.07. The first-order valence-electron chi connectivity index (χ1n) is 5.25. The largest absolute Gasteiger partial charge is 0.307 e. The summed E-state index contributed by atoms with van der Waals surface area (Å²) in [6.07, 6.45) is 1.62. The van der Waals surface area contributed by atoms with Crippen LogP contribution in [0.4, 0.5) is 5.82 Å². The van der Waals surface area contributed by atoms with Crippen LogP contribution in [0.5, 0.6) is 0 Å². The molecule has 5 heteroatoms. The fourth-order valence-electron chi connectivity index (χ4n) is 1.50. The van der Waals surface area contributed by atoms with E-state index < -0.39 is 0 Å². The van der Waals surface area contributed by atoms with Gasteiger partial charge in [0.25, 0.3) is 5.91 Å². The van der Waals surface area contributed by atoms with Gasteiger partial charge < -0.3 is 5.32 Å². The molecule has 0 unspecified atom stereocenters. The number of carbonyl (C=O) groups is 1. The molecule has 18 heavy (non-hydrogen) atoms. The Hall–Kier alpha value is -1.39. The summed E-state index contributed by atoms with van der Waals surface area (Å²) in [6.45, 7) is 1.86. The number of hydrogen-bond donors (Lipinski definition) is 1. The molecule has 1 aromatic carbocycles. The fraction of sp³-hybridized carbons (Fsp3) is 0.0769. The number of aryl methyl sites for hydroxylation is 1. The van der Waals surface area contributed by atoms with Crippen LogP contribution in [0.25, 0.3) is 0 Å². The van der Waals surface area contributed by atoms with Gasteiger partial charge in [-0.25, -0.2) is 4.98 Å². The van der Waals surface area contributed by atoms with Crippen LogP contribution in [0.1, 0.15) is 15.9 Å². The molecule has 3 nitrogen and oxygen atoms in total. The molecule has 0 aliphatic rings. The molecule has 1 aromatic heterocycles. The van der Waals surface area contributed by atoms with E-state index in [1.165, 1.54) is 0 Å². The predicted octanol–water partition coefficient (Wildman–Crippen LogP) is 4.06. The van der Waals surface area contributed by atoms with E-state index in [2.05, 4.69) is 26.2 Å². The predicted molar refractivity (Wildman–Crippen MR) is 76.1 cm³/mol. The molecule has 0 aliphatic carbocycles. The number of nitrogens with one attached hydrogen (secondary N) is 1. The topological polar surface area (TPSA) is 42.0 Å². The Morgan fingerprint density at radius 1 is 1.33 bits per heavy atom. The Morgan fingerprint density at radius 2 is 2.11 bits per heavy atom. The maximum Gasteiger partial charge on any atom is 0.257 e. The molecule has 0 spiro atoms. The SMILES string of the molecule is Cc1ccc(Cl)cc1C(=O)Nc1cc(Br)ccn1. The van der Waals surface area contributed by atoms with E-state index in [9.17, 15) is 4.79 Å². The van der Waals surface area contributed by atoms with Crippen molar-refractivity contribution in [1.82, 2.24) is 4.98 Å². The zero-order chi connectivity index (χ0) is 13.1. The highest BCUT2D eigenvalue weighted by molar-refractivity contribution is 9.10. The first-order chi connectivity index (χ1) is 8.56. The number of benzene rings is 1. The quantitative estimate of drug-likeness (QED) is 0.905. The van der Waals surface area contributed by atoms with Crippen molar-refractivity contribution >= 4 is 39.3 Å². The number of rotatable bonds is 2. The van der Waals surface area contributed by atoms with Crippen molar-refractivity contribution < 1.29 is 4.79 Å². The molecular formula is C13H10BrClN2O. The van der Waals surface area contributed by atoms with Crippen molar-refractivity contribution in [3.05, 3.63) is 57.2 Å². The minimum Gasteiger partial charge on any atom is -0.307 e. The van der Waals surface area contributed by atoms with Gasteiger partial charge in [0.05, 0.1) is 0 Å².